The van der Waals surface area contributed by atoms with Crippen LogP contribution in [-0.4, -0.2) is 31.0 Å². The molecule has 1 aliphatic heterocycles. The van der Waals surface area contributed by atoms with E-state index in [-0.39, 0.29) is 17.5 Å². The number of nitrogens with zero attached hydrogens (tertiary/aromatic N) is 2. The summed E-state index contributed by atoms with van der Waals surface area (Å²) in [6.07, 6.45) is -3.78. The van der Waals surface area contributed by atoms with Crippen molar-refractivity contribution >= 4 is 17.3 Å². The topological polar surface area (TPSA) is 84.7 Å². The molecule has 166 valence electrons. The Kier molecular flexibility index (Phi) is 6.67. The second-order valence-electron chi connectivity index (χ2n) is 7.25. The van der Waals surface area contributed by atoms with Crippen LogP contribution in [0, 0.1) is 16.0 Å². The highest BCUT2D eigenvalue weighted by Crippen LogP contribution is 2.37. The fraction of sp³-hybridized carbons (Fsp3) is 0.381. The molecule has 1 heterocycles. The Labute approximate surface area is 177 Å². The molecule has 2 aromatic carbocycles. The van der Waals surface area contributed by atoms with Gasteiger partial charge < -0.3 is 15.0 Å². The predicted octanol–water partition coefficient (Wildman–Crippen LogP) is 4.16. The largest absolute Gasteiger partial charge is 0.496 e. The Morgan fingerprint density at radius 1 is 1.23 bits per heavy atom. The number of methoxy groups -OCH3 is 1. The molecule has 1 N–H and O–H groups in total. The SMILES string of the molecule is COc1ccccc1CNC(=O)C1CCN(c2ccc(C(F)(F)F)cc2[N+](=O)[O-])CC1. The zero-order valence-corrected chi connectivity index (χ0v) is 16.8. The van der Waals surface area contributed by atoms with E-state index in [1.807, 2.05) is 18.2 Å². The zero-order valence-electron chi connectivity index (χ0n) is 16.8. The number of hydrogen-bond donors (Lipinski definition) is 1. The van der Waals surface area contributed by atoms with Crippen molar-refractivity contribution in [1.29, 1.82) is 0 Å². The van der Waals surface area contributed by atoms with Gasteiger partial charge in [-0.2, -0.15) is 13.2 Å². The first-order valence-corrected chi connectivity index (χ1v) is 9.71. The van der Waals surface area contributed by atoms with E-state index in [1.165, 1.54) is 0 Å². The van der Waals surface area contributed by atoms with Crippen molar-refractivity contribution in [1.82, 2.24) is 5.32 Å². The van der Waals surface area contributed by atoms with Gasteiger partial charge in [0, 0.05) is 37.2 Å². The summed E-state index contributed by atoms with van der Waals surface area (Å²) in [5, 5.41) is 14.2. The van der Waals surface area contributed by atoms with E-state index in [9.17, 15) is 28.1 Å². The Morgan fingerprint density at radius 3 is 2.52 bits per heavy atom. The molecule has 0 saturated carbocycles. The van der Waals surface area contributed by atoms with Crippen molar-refractivity contribution in [3.05, 3.63) is 63.7 Å². The van der Waals surface area contributed by atoms with Crippen LogP contribution in [0.1, 0.15) is 24.0 Å². The first-order valence-electron chi connectivity index (χ1n) is 9.71. The third-order valence-corrected chi connectivity index (χ3v) is 5.35. The maximum absolute atomic E-state index is 12.9. The normalized spacial score (nSPS) is 14.9. The quantitative estimate of drug-likeness (QED) is 0.542. The second kappa shape index (κ2) is 9.23. The number of anilines is 1. The smallest absolute Gasteiger partial charge is 0.416 e. The van der Waals surface area contributed by atoms with Gasteiger partial charge >= 0.3 is 6.18 Å². The van der Waals surface area contributed by atoms with Gasteiger partial charge in [0.25, 0.3) is 5.69 Å². The summed E-state index contributed by atoms with van der Waals surface area (Å²) in [5.41, 5.74) is -0.676. The molecule has 0 bridgehead atoms. The number of carbonyl (C=O) groups is 1. The molecule has 1 amide bonds. The monoisotopic (exact) mass is 437 g/mol. The molecule has 7 nitrogen and oxygen atoms in total. The number of alkyl halides is 3. The number of carbonyl (C=O) groups excluding carboxylic acids is 1. The van der Waals surface area contributed by atoms with Crippen LogP contribution >= 0.6 is 0 Å². The number of piperidine rings is 1. The first-order chi connectivity index (χ1) is 14.7. The molecular weight excluding hydrogens is 415 g/mol. The Hall–Kier alpha value is -3.30. The number of nitro benzene ring substituents is 1. The molecule has 2 aromatic rings. The maximum atomic E-state index is 12.9. The van der Waals surface area contributed by atoms with Crippen LogP contribution in [0.3, 0.4) is 0 Å². The second-order valence-corrected chi connectivity index (χ2v) is 7.25. The van der Waals surface area contributed by atoms with Crippen molar-refractivity contribution in [2.45, 2.75) is 25.6 Å². The molecule has 0 radical (unpaired) electrons. The highest BCUT2D eigenvalue weighted by molar-refractivity contribution is 5.79. The summed E-state index contributed by atoms with van der Waals surface area (Å²) in [6.45, 7) is 0.978. The zero-order chi connectivity index (χ0) is 22.6. The minimum Gasteiger partial charge on any atom is -0.496 e. The van der Waals surface area contributed by atoms with Crippen molar-refractivity contribution in [2.75, 3.05) is 25.1 Å². The number of nitrogens with one attached hydrogen (secondary N) is 1. The lowest BCUT2D eigenvalue weighted by molar-refractivity contribution is -0.384. The van der Waals surface area contributed by atoms with Gasteiger partial charge in [0.2, 0.25) is 5.91 Å². The average molecular weight is 437 g/mol. The number of rotatable bonds is 6. The number of ether oxygens (including phenoxy) is 1. The van der Waals surface area contributed by atoms with Gasteiger partial charge in [0.05, 0.1) is 17.6 Å². The van der Waals surface area contributed by atoms with Crippen LogP contribution in [0.2, 0.25) is 0 Å². The summed E-state index contributed by atoms with van der Waals surface area (Å²) < 4.78 is 44.0. The van der Waals surface area contributed by atoms with Crippen LogP contribution in [0.5, 0.6) is 5.75 Å². The van der Waals surface area contributed by atoms with E-state index >= 15 is 0 Å². The standard InChI is InChI=1S/C21H22F3N3O4/c1-31-19-5-3-2-4-15(19)13-25-20(28)14-8-10-26(11-9-14)17-7-6-16(21(22,23)24)12-18(17)27(29)30/h2-7,12,14H,8-11,13H2,1H3,(H,25,28). The van der Waals surface area contributed by atoms with E-state index in [1.54, 1.807) is 18.1 Å². The minimum absolute atomic E-state index is 0.130. The fourth-order valence-electron chi connectivity index (χ4n) is 3.67. The number of amides is 1. The number of benzene rings is 2. The maximum Gasteiger partial charge on any atom is 0.416 e. The molecule has 0 spiro atoms. The summed E-state index contributed by atoms with van der Waals surface area (Å²) >= 11 is 0. The van der Waals surface area contributed by atoms with Crippen molar-refractivity contribution in [3.63, 3.8) is 0 Å². The lowest BCUT2D eigenvalue weighted by atomic mass is 9.95. The van der Waals surface area contributed by atoms with Crippen LogP contribution in [0.4, 0.5) is 24.5 Å². The number of halogens is 3. The Morgan fingerprint density at radius 2 is 1.90 bits per heavy atom. The van der Waals surface area contributed by atoms with E-state index in [0.29, 0.717) is 44.3 Å². The molecule has 0 aliphatic carbocycles. The van der Waals surface area contributed by atoms with Gasteiger partial charge in [-0.3, -0.25) is 14.9 Å². The first kappa shape index (κ1) is 22.4. The van der Waals surface area contributed by atoms with Gasteiger partial charge in [-0.15, -0.1) is 0 Å². The molecule has 1 saturated heterocycles. The number of nitro groups is 1. The minimum atomic E-state index is -4.66. The Bertz CT molecular complexity index is 957. The van der Waals surface area contributed by atoms with Crippen molar-refractivity contribution in [3.8, 4) is 5.75 Å². The van der Waals surface area contributed by atoms with Crippen LogP contribution in [-0.2, 0) is 17.5 Å². The van der Waals surface area contributed by atoms with Gasteiger partial charge in [0.15, 0.2) is 0 Å². The molecule has 1 fully saturated rings. The third kappa shape index (κ3) is 5.25. The van der Waals surface area contributed by atoms with Crippen LogP contribution < -0.4 is 15.0 Å². The predicted molar refractivity (Wildman–Crippen MR) is 108 cm³/mol. The number of hydrogen-bond acceptors (Lipinski definition) is 5. The molecule has 10 heteroatoms. The van der Waals surface area contributed by atoms with Gasteiger partial charge in [0.1, 0.15) is 11.4 Å². The summed E-state index contributed by atoms with van der Waals surface area (Å²) in [4.78, 5) is 24.7. The van der Waals surface area contributed by atoms with Crippen LogP contribution in [0.15, 0.2) is 42.5 Å². The summed E-state index contributed by atoms with van der Waals surface area (Å²) in [7, 11) is 1.55. The van der Waals surface area contributed by atoms with Crippen LogP contribution in [0.25, 0.3) is 0 Å². The van der Waals surface area contributed by atoms with E-state index < -0.39 is 22.4 Å². The molecule has 1 aliphatic rings. The molecule has 0 aromatic heterocycles. The molecule has 0 unspecified atom stereocenters. The molecule has 3 rings (SSSR count). The lowest BCUT2D eigenvalue weighted by Crippen LogP contribution is -2.40. The molecule has 31 heavy (non-hydrogen) atoms. The molecular formula is C21H22F3N3O4. The lowest BCUT2D eigenvalue weighted by Gasteiger charge is -2.32. The van der Waals surface area contributed by atoms with E-state index in [2.05, 4.69) is 5.32 Å². The highest BCUT2D eigenvalue weighted by Gasteiger charge is 2.34. The summed E-state index contributed by atoms with van der Waals surface area (Å²) in [6, 6.07) is 9.86. The van der Waals surface area contributed by atoms with E-state index in [0.717, 1.165) is 17.7 Å². The Balaban J connectivity index is 1.63. The highest BCUT2D eigenvalue weighted by atomic mass is 19.4. The van der Waals surface area contributed by atoms with Crippen molar-refractivity contribution < 1.29 is 27.6 Å². The van der Waals surface area contributed by atoms with Gasteiger partial charge in [-0.25, -0.2) is 0 Å². The average Bonchev–Trinajstić information content (AvgIpc) is 2.76. The number of para-hydroxylation sites is 1. The van der Waals surface area contributed by atoms with E-state index in [4.69, 9.17) is 4.74 Å². The summed E-state index contributed by atoms with van der Waals surface area (Å²) in [5.74, 6) is 0.263. The van der Waals surface area contributed by atoms with Gasteiger partial charge in [-0.1, -0.05) is 18.2 Å². The van der Waals surface area contributed by atoms with Gasteiger partial charge in [-0.05, 0) is 31.0 Å². The van der Waals surface area contributed by atoms with Crippen molar-refractivity contribution in [2.24, 2.45) is 5.92 Å². The molecule has 0 atom stereocenters. The third-order valence-electron chi connectivity index (χ3n) is 5.35. The fourth-order valence-corrected chi connectivity index (χ4v) is 3.67.